The van der Waals surface area contributed by atoms with Crippen molar-refractivity contribution in [2.45, 2.75) is 12.0 Å². The topological polar surface area (TPSA) is 72.9 Å². The summed E-state index contributed by atoms with van der Waals surface area (Å²) >= 11 is 0.932. The van der Waals surface area contributed by atoms with Gasteiger partial charge in [-0.05, 0) is 28.5 Å². The second kappa shape index (κ2) is 7.84. The molecule has 0 radical (unpaired) electrons. The zero-order valence-corrected chi connectivity index (χ0v) is 15.8. The molecular weight excluding hydrogens is 366 g/mol. The molecule has 2 aromatic rings. The molecule has 1 unspecified atom stereocenters. The van der Waals surface area contributed by atoms with Crippen molar-refractivity contribution in [2.24, 2.45) is 0 Å². The maximum atomic E-state index is 13.0. The zero-order chi connectivity index (χ0) is 19.6. The number of methoxy groups -OCH3 is 2. The first-order chi connectivity index (χ1) is 13.0. The number of benzene rings is 2. The Hall–Kier alpha value is -2.80. The number of carbonyl (C=O) groups is 3. The number of thioether (sulfide) groups is 1. The lowest BCUT2D eigenvalue weighted by molar-refractivity contribution is -0.149. The van der Waals surface area contributed by atoms with Gasteiger partial charge in [-0.3, -0.25) is 14.5 Å². The van der Waals surface area contributed by atoms with Crippen LogP contribution in [-0.4, -0.2) is 48.0 Å². The summed E-state index contributed by atoms with van der Waals surface area (Å²) in [7, 11) is 2.84. The number of fused-ring (bicyclic) bond motifs is 1. The van der Waals surface area contributed by atoms with Gasteiger partial charge in [-0.1, -0.05) is 42.1 Å². The van der Waals surface area contributed by atoms with Gasteiger partial charge in [-0.2, -0.15) is 0 Å². The SMILES string of the molecule is C=C[C@H](C(=O)N1C(=O)SCC1C(=O)OC)c1ccc2cc(OC)ccc2c1. The molecule has 1 aliphatic rings. The minimum atomic E-state index is -0.910. The van der Waals surface area contributed by atoms with E-state index in [1.54, 1.807) is 7.11 Å². The molecule has 2 amide bonds. The number of amides is 2. The first-order valence-corrected chi connectivity index (χ1v) is 9.26. The van der Waals surface area contributed by atoms with Crippen LogP contribution in [0.2, 0.25) is 0 Å². The fourth-order valence-corrected chi connectivity index (χ4v) is 4.01. The van der Waals surface area contributed by atoms with Crippen molar-refractivity contribution in [1.29, 1.82) is 0 Å². The van der Waals surface area contributed by atoms with Crippen LogP contribution in [0.25, 0.3) is 10.8 Å². The number of nitrogens with zero attached hydrogens (tertiary/aromatic N) is 1. The molecule has 1 fully saturated rings. The summed E-state index contributed by atoms with van der Waals surface area (Å²) < 4.78 is 9.95. The van der Waals surface area contributed by atoms with Crippen molar-refractivity contribution >= 4 is 39.7 Å². The predicted molar refractivity (Wildman–Crippen MR) is 104 cm³/mol. The molecule has 140 valence electrons. The van der Waals surface area contributed by atoms with Crippen molar-refractivity contribution in [3.63, 3.8) is 0 Å². The number of hydrogen-bond acceptors (Lipinski definition) is 6. The Morgan fingerprint density at radius 1 is 1.22 bits per heavy atom. The van der Waals surface area contributed by atoms with Crippen LogP contribution in [0.15, 0.2) is 49.1 Å². The lowest BCUT2D eigenvalue weighted by atomic mass is 9.94. The van der Waals surface area contributed by atoms with Gasteiger partial charge >= 0.3 is 5.97 Å². The molecule has 27 heavy (non-hydrogen) atoms. The summed E-state index contributed by atoms with van der Waals surface area (Å²) in [4.78, 5) is 38.2. The third kappa shape index (κ3) is 3.55. The van der Waals surface area contributed by atoms with Gasteiger partial charge in [0.15, 0.2) is 0 Å². The molecular formula is C20H19NO5S. The van der Waals surface area contributed by atoms with Crippen LogP contribution in [0.4, 0.5) is 4.79 Å². The lowest BCUT2D eigenvalue weighted by Crippen LogP contribution is -2.45. The monoisotopic (exact) mass is 385 g/mol. The molecule has 3 rings (SSSR count). The Bertz CT molecular complexity index is 926. The van der Waals surface area contributed by atoms with Crippen molar-refractivity contribution < 1.29 is 23.9 Å². The van der Waals surface area contributed by atoms with E-state index < -0.39 is 29.1 Å². The van der Waals surface area contributed by atoms with E-state index in [1.165, 1.54) is 13.2 Å². The Morgan fingerprint density at radius 3 is 2.59 bits per heavy atom. The van der Waals surface area contributed by atoms with Gasteiger partial charge < -0.3 is 9.47 Å². The van der Waals surface area contributed by atoms with Crippen LogP contribution in [-0.2, 0) is 14.3 Å². The van der Waals surface area contributed by atoms with Crippen molar-refractivity contribution in [2.75, 3.05) is 20.0 Å². The maximum Gasteiger partial charge on any atom is 0.329 e. The number of rotatable bonds is 5. The van der Waals surface area contributed by atoms with Crippen molar-refractivity contribution in [3.05, 3.63) is 54.6 Å². The van der Waals surface area contributed by atoms with Gasteiger partial charge in [-0.15, -0.1) is 6.58 Å². The highest BCUT2D eigenvalue weighted by molar-refractivity contribution is 8.14. The maximum absolute atomic E-state index is 13.0. The highest BCUT2D eigenvalue weighted by Crippen LogP contribution is 2.31. The molecule has 6 nitrogen and oxygen atoms in total. The van der Waals surface area contributed by atoms with Crippen molar-refractivity contribution in [1.82, 2.24) is 4.90 Å². The molecule has 2 atom stereocenters. The summed E-state index contributed by atoms with van der Waals surface area (Å²) in [6.45, 7) is 3.75. The summed E-state index contributed by atoms with van der Waals surface area (Å²) in [5.74, 6) is -0.893. The zero-order valence-electron chi connectivity index (χ0n) is 15.0. The van der Waals surface area contributed by atoms with E-state index in [1.807, 2.05) is 36.4 Å². The fraction of sp³-hybridized carbons (Fsp3) is 0.250. The largest absolute Gasteiger partial charge is 0.497 e. The predicted octanol–water partition coefficient (Wildman–Crippen LogP) is 3.36. The molecule has 0 spiro atoms. The summed E-state index contributed by atoms with van der Waals surface area (Å²) in [5, 5.41) is 1.45. The van der Waals surface area contributed by atoms with Crippen molar-refractivity contribution in [3.8, 4) is 5.75 Å². The third-order valence-electron chi connectivity index (χ3n) is 4.52. The number of ether oxygens (including phenoxy) is 2. The average molecular weight is 385 g/mol. The number of hydrogen-bond donors (Lipinski definition) is 0. The molecule has 1 aliphatic heterocycles. The standard InChI is InChI=1S/C20H19NO5S/c1-4-16(18(22)21-17(19(23)26-3)11-27-20(21)24)14-6-5-13-10-15(25-2)8-7-12(13)9-14/h4-10,16-17H,1,11H2,2-3H3/t16-,17?/m0/s1. The number of imide groups is 1. The molecule has 0 aromatic heterocycles. The Balaban J connectivity index is 1.95. The highest BCUT2D eigenvalue weighted by Gasteiger charge is 2.43. The van der Waals surface area contributed by atoms with Gasteiger partial charge in [0.25, 0.3) is 5.24 Å². The quantitative estimate of drug-likeness (QED) is 0.581. The minimum Gasteiger partial charge on any atom is -0.497 e. The van der Waals surface area contributed by atoms with Gasteiger partial charge in [0.05, 0.1) is 20.1 Å². The van der Waals surface area contributed by atoms with E-state index in [-0.39, 0.29) is 5.75 Å². The van der Waals surface area contributed by atoms with Crippen LogP contribution in [0.3, 0.4) is 0 Å². The van der Waals surface area contributed by atoms with Gasteiger partial charge in [0.1, 0.15) is 11.8 Å². The van der Waals surface area contributed by atoms with E-state index in [0.717, 1.165) is 33.2 Å². The summed E-state index contributed by atoms with van der Waals surface area (Å²) in [6.07, 6.45) is 1.48. The van der Waals surface area contributed by atoms with E-state index in [4.69, 9.17) is 9.47 Å². The first kappa shape index (κ1) is 19.0. The number of esters is 1. The number of carbonyl (C=O) groups excluding carboxylic acids is 3. The Morgan fingerprint density at radius 2 is 1.93 bits per heavy atom. The van der Waals surface area contributed by atoms with E-state index in [2.05, 4.69) is 6.58 Å². The van der Waals surface area contributed by atoms with E-state index in [0.29, 0.717) is 5.56 Å². The Labute approximate surface area is 161 Å². The summed E-state index contributed by atoms with van der Waals surface area (Å²) in [6, 6.07) is 10.3. The molecule has 0 bridgehead atoms. The van der Waals surface area contributed by atoms with E-state index >= 15 is 0 Å². The molecule has 2 aromatic carbocycles. The normalized spacial score (nSPS) is 17.6. The van der Waals surface area contributed by atoms with Gasteiger partial charge in [0, 0.05) is 5.75 Å². The van der Waals surface area contributed by atoms with Crippen LogP contribution < -0.4 is 4.74 Å². The van der Waals surface area contributed by atoms with Crippen LogP contribution in [0.5, 0.6) is 5.75 Å². The first-order valence-electron chi connectivity index (χ1n) is 8.28. The third-order valence-corrected chi connectivity index (χ3v) is 5.44. The van der Waals surface area contributed by atoms with E-state index in [9.17, 15) is 14.4 Å². The van der Waals surface area contributed by atoms with Gasteiger partial charge in [0.2, 0.25) is 5.91 Å². The molecule has 0 N–H and O–H groups in total. The molecule has 0 saturated carbocycles. The highest BCUT2D eigenvalue weighted by atomic mass is 32.2. The van der Waals surface area contributed by atoms with Gasteiger partial charge in [-0.25, -0.2) is 4.79 Å². The molecule has 7 heteroatoms. The second-order valence-electron chi connectivity index (χ2n) is 6.01. The smallest absolute Gasteiger partial charge is 0.329 e. The molecule has 1 saturated heterocycles. The molecule has 0 aliphatic carbocycles. The van der Waals surface area contributed by atoms with Crippen LogP contribution in [0.1, 0.15) is 11.5 Å². The van der Waals surface area contributed by atoms with Crippen LogP contribution >= 0.6 is 11.8 Å². The lowest BCUT2D eigenvalue weighted by Gasteiger charge is -2.24. The Kier molecular flexibility index (Phi) is 5.51. The second-order valence-corrected chi connectivity index (χ2v) is 6.98. The average Bonchev–Trinajstić information content (AvgIpc) is 3.08. The fourth-order valence-electron chi connectivity index (χ4n) is 3.07. The summed E-state index contributed by atoms with van der Waals surface area (Å²) in [5.41, 5.74) is 0.695. The minimum absolute atomic E-state index is 0.193. The van der Waals surface area contributed by atoms with Crippen LogP contribution in [0, 0.1) is 0 Å². The molecule has 1 heterocycles.